The normalized spacial score (nSPS) is 11.5. The van der Waals surface area contributed by atoms with Crippen LogP contribution in [-0.4, -0.2) is 18.6 Å². The third-order valence-electron chi connectivity index (χ3n) is 1.88. The van der Waals surface area contributed by atoms with E-state index < -0.39 is 0 Å². The standard InChI is InChI=1S/C10H19NO2/c1-4-6-7-8-10(5-2)11(9-12)13-3/h8-9H,4-7H2,1-3H3. The molecule has 0 atom stereocenters. The minimum absolute atomic E-state index is 0.696. The van der Waals surface area contributed by atoms with Crippen LogP contribution in [0.1, 0.15) is 39.5 Å². The van der Waals surface area contributed by atoms with Gasteiger partial charge < -0.3 is 0 Å². The lowest BCUT2D eigenvalue weighted by Gasteiger charge is -2.16. The molecule has 0 N–H and O–H groups in total. The number of unbranched alkanes of at least 4 members (excludes halogenated alkanes) is 2. The Bertz CT molecular complexity index is 166. The number of amides is 1. The van der Waals surface area contributed by atoms with Gasteiger partial charge in [-0.15, -0.1) is 0 Å². The highest BCUT2D eigenvalue weighted by Gasteiger charge is 2.03. The van der Waals surface area contributed by atoms with Crippen LogP contribution in [-0.2, 0) is 9.63 Å². The Kier molecular flexibility index (Phi) is 7.30. The number of hydrogen-bond acceptors (Lipinski definition) is 2. The van der Waals surface area contributed by atoms with E-state index in [-0.39, 0.29) is 0 Å². The minimum atomic E-state index is 0.696. The van der Waals surface area contributed by atoms with Gasteiger partial charge in [0.2, 0.25) is 6.41 Å². The molecule has 0 radical (unpaired) electrons. The second kappa shape index (κ2) is 7.80. The maximum Gasteiger partial charge on any atom is 0.237 e. The van der Waals surface area contributed by atoms with Gasteiger partial charge in [-0.05, 0) is 12.8 Å². The third-order valence-corrected chi connectivity index (χ3v) is 1.88. The topological polar surface area (TPSA) is 29.5 Å². The average molecular weight is 185 g/mol. The summed E-state index contributed by atoms with van der Waals surface area (Å²) < 4.78 is 0. The number of allylic oxidation sites excluding steroid dienone is 2. The maximum absolute atomic E-state index is 10.5. The minimum Gasteiger partial charge on any atom is -0.276 e. The molecule has 0 rings (SSSR count). The van der Waals surface area contributed by atoms with Gasteiger partial charge in [0, 0.05) is 5.70 Å². The molecule has 3 heteroatoms. The molecule has 0 fully saturated rings. The summed E-state index contributed by atoms with van der Waals surface area (Å²) in [5.74, 6) is 0. The predicted octanol–water partition coefficient (Wildman–Crippen LogP) is 2.49. The SMILES string of the molecule is CCCCC=C(CC)N(C=O)OC. The monoisotopic (exact) mass is 185 g/mol. The van der Waals surface area contributed by atoms with Crippen LogP contribution in [0, 0.1) is 0 Å². The smallest absolute Gasteiger partial charge is 0.237 e. The van der Waals surface area contributed by atoms with Crippen molar-refractivity contribution in [3.8, 4) is 0 Å². The number of carbonyl (C=O) groups is 1. The highest BCUT2D eigenvalue weighted by atomic mass is 16.7. The fourth-order valence-electron chi connectivity index (χ4n) is 1.09. The van der Waals surface area contributed by atoms with Crippen LogP contribution < -0.4 is 0 Å². The molecule has 0 aromatic carbocycles. The molecule has 0 aliphatic carbocycles. The van der Waals surface area contributed by atoms with Crippen LogP contribution >= 0.6 is 0 Å². The second-order valence-corrected chi connectivity index (χ2v) is 2.81. The molecule has 13 heavy (non-hydrogen) atoms. The van der Waals surface area contributed by atoms with E-state index in [1.807, 2.05) is 6.92 Å². The summed E-state index contributed by atoms with van der Waals surface area (Å²) in [6.07, 6.45) is 6.90. The van der Waals surface area contributed by atoms with Gasteiger partial charge in [0.25, 0.3) is 0 Å². The highest BCUT2D eigenvalue weighted by Crippen LogP contribution is 2.09. The molecule has 0 spiro atoms. The molecule has 1 amide bonds. The fourth-order valence-corrected chi connectivity index (χ4v) is 1.09. The molecule has 76 valence electrons. The Morgan fingerprint density at radius 3 is 2.54 bits per heavy atom. The molecular weight excluding hydrogens is 166 g/mol. The highest BCUT2D eigenvalue weighted by molar-refractivity contribution is 5.48. The number of hydroxylamine groups is 2. The molecule has 0 aromatic heterocycles. The summed E-state index contributed by atoms with van der Waals surface area (Å²) in [5, 5.41) is 1.27. The predicted molar refractivity (Wildman–Crippen MR) is 52.8 cm³/mol. The van der Waals surface area contributed by atoms with Gasteiger partial charge in [0.1, 0.15) is 0 Å². The first-order chi connectivity index (χ1) is 6.29. The molecule has 0 saturated carbocycles. The quantitative estimate of drug-likeness (QED) is 0.346. The maximum atomic E-state index is 10.5. The van der Waals surface area contributed by atoms with Crippen molar-refractivity contribution in [2.75, 3.05) is 7.11 Å². The van der Waals surface area contributed by atoms with Crippen molar-refractivity contribution < 1.29 is 9.63 Å². The molecule has 3 nitrogen and oxygen atoms in total. The van der Waals surface area contributed by atoms with Gasteiger partial charge >= 0.3 is 0 Å². The largest absolute Gasteiger partial charge is 0.276 e. The number of carbonyl (C=O) groups excluding carboxylic acids is 1. The van der Waals surface area contributed by atoms with Crippen molar-refractivity contribution in [1.82, 2.24) is 5.06 Å². The number of nitrogens with zero attached hydrogens (tertiary/aromatic N) is 1. The lowest BCUT2D eigenvalue weighted by atomic mass is 10.2. The Balaban J connectivity index is 4.11. The summed E-state index contributed by atoms with van der Waals surface area (Å²) in [6, 6.07) is 0. The van der Waals surface area contributed by atoms with Crippen LogP contribution in [0.4, 0.5) is 0 Å². The van der Waals surface area contributed by atoms with E-state index in [9.17, 15) is 4.79 Å². The Labute approximate surface area is 80.3 Å². The lowest BCUT2D eigenvalue weighted by molar-refractivity contribution is -0.151. The molecule has 0 aliphatic heterocycles. The van der Waals surface area contributed by atoms with Crippen LogP contribution in [0.15, 0.2) is 11.8 Å². The summed E-state index contributed by atoms with van der Waals surface area (Å²) in [7, 11) is 1.50. The van der Waals surface area contributed by atoms with Crippen molar-refractivity contribution in [1.29, 1.82) is 0 Å². The van der Waals surface area contributed by atoms with E-state index in [4.69, 9.17) is 4.84 Å². The van der Waals surface area contributed by atoms with Crippen LogP contribution in [0.2, 0.25) is 0 Å². The second-order valence-electron chi connectivity index (χ2n) is 2.81. The summed E-state index contributed by atoms with van der Waals surface area (Å²) >= 11 is 0. The first kappa shape index (κ1) is 12.2. The molecule has 0 heterocycles. The van der Waals surface area contributed by atoms with Gasteiger partial charge in [-0.3, -0.25) is 9.63 Å². The van der Waals surface area contributed by atoms with E-state index in [0.717, 1.165) is 25.0 Å². The van der Waals surface area contributed by atoms with Crippen molar-refractivity contribution >= 4 is 6.41 Å². The Morgan fingerprint density at radius 2 is 2.15 bits per heavy atom. The third kappa shape index (κ3) is 4.68. The zero-order valence-corrected chi connectivity index (χ0v) is 8.75. The molecular formula is C10H19NO2. The van der Waals surface area contributed by atoms with Crippen molar-refractivity contribution in [2.24, 2.45) is 0 Å². The molecule has 0 bridgehead atoms. The van der Waals surface area contributed by atoms with Crippen molar-refractivity contribution in [2.45, 2.75) is 39.5 Å². The first-order valence-corrected chi connectivity index (χ1v) is 4.77. The van der Waals surface area contributed by atoms with E-state index in [1.165, 1.54) is 18.6 Å². The van der Waals surface area contributed by atoms with Crippen LogP contribution in [0.5, 0.6) is 0 Å². The molecule has 0 saturated heterocycles. The Hall–Kier alpha value is -0.830. The fraction of sp³-hybridized carbons (Fsp3) is 0.700. The lowest BCUT2D eigenvalue weighted by Crippen LogP contribution is -2.19. The Morgan fingerprint density at radius 1 is 1.46 bits per heavy atom. The van der Waals surface area contributed by atoms with Gasteiger partial charge in [-0.25, -0.2) is 0 Å². The summed E-state index contributed by atoms with van der Waals surface area (Å²) in [5.41, 5.74) is 0.936. The van der Waals surface area contributed by atoms with Crippen molar-refractivity contribution in [3.63, 3.8) is 0 Å². The molecule has 0 unspecified atom stereocenters. The van der Waals surface area contributed by atoms with E-state index in [0.29, 0.717) is 6.41 Å². The zero-order chi connectivity index (χ0) is 10.1. The van der Waals surface area contributed by atoms with Gasteiger partial charge in [-0.1, -0.05) is 32.8 Å². The van der Waals surface area contributed by atoms with Crippen LogP contribution in [0.25, 0.3) is 0 Å². The van der Waals surface area contributed by atoms with Gasteiger partial charge in [0.15, 0.2) is 0 Å². The zero-order valence-electron chi connectivity index (χ0n) is 8.75. The van der Waals surface area contributed by atoms with E-state index in [1.54, 1.807) is 0 Å². The average Bonchev–Trinajstić information content (AvgIpc) is 2.17. The summed E-state index contributed by atoms with van der Waals surface area (Å²) in [4.78, 5) is 15.4. The number of rotatable bonds is 7. The number of hydrogen-bond donors (Lipinski definition) is 0. The molecule has 0 aliphatic rings. The first-order valence-electron chi connectivity index (χ1n) is 4.77. The van der Waals surface area contributed by atoms with Gasteiger partial charge in [-0.2, -0.15) is 5.06 Å². The van der Waals surface area contributed by atoms with Crippen molar-refractivity contribution in [3.05, 3.63) is 11.8 Å². The van der Waals surface area contributed by atoms with E-state index in [2.05, 4.69) is 13.0 Å². The van der Waals surface area contributed by atoms with E-state index >= 15 is 0 Å². The van der Waals surface area contributed by atoms with Gasteiger partial charge in [0.05, 0.1) is 7.11 Å². The van der Waals surface area contributed by atoms with Crippen LogP contribution in [0.3, 0.4) is 0 Å². The summed E-state index contributed by atoms with van der Waals surface area (Å²) in [6.45, 7) is 4.15. The molecule has 0 aromatic rings.